The van der Waals surface area contributed by atoms with Crippen LogP contribution in [-0.4, -0.2) is 28.9 Å². The second-order valence-corrected chi connectivity index (χ2v) is 5.69. The van der Waals surface area contributed by atoms with Crippen molar-refractivity contribution in [3.05, 3.63) is 28.7 Å². The summed E-state index contributed by atoms with van der Waals surface area (Å²) in [5.74, 6) is 1.06. The molecule has 7 heteroatoms. The quantitative estimate of drug-likeness (QED) is 0.736. The number of hydrogen-bond donors (Lipinski definition) is 1. The van der Waals surface area contributed by atoms with E-state index in [1.165, 1.54) is 0 Å². The predicted octanol–water partition coefficient (Wildman–Crippen LogP) is 2.36. The van der Waals surface area contributed by atoms with Crippen LogP contribution in [0.4, 0.5) is 0 Å². The van der Waals surface area contributed by atoms with E-state index in [4.69, 9.17) is 12.2 Å². The maximum atomic E-state index is 5.48. The monoisotopic (exact) mass is 304 g/mol. The van der Waals surface area contributed by atoms with Crippen LogP contribution in [-0.2, 0) is 33.5 Å². The fraction of sp³-hybridized carbons (Fsp3) is 0.500. The van der Waals surface area contributed by atoms with E-state index in [2.05, 4.69) is 26.6 Å². The van der Waals surface area contributed by atoms with E-state index in [1.807, 2.05) is 35.7 Å². The van der Waals surface area contributed by atoms with Gasteiger partial charge in [0.05, 0.1) is 5.69 Å². The number of aromatic nitrogens is 6. The van der Waals surface area contributed by atoms with Crippen LogP contribution in [0.15, 0.2) is 12.4 Å². The Balaban J connectivity index is 1.97. The molecule has 0 aliphatic carbocycles. The highest BCUT2D eigenvalue weighted by Crippen LogP contribution is 2.19. The maximum absolute atomic E-state index is 5.48. The Hall–Kier alpha value is -1.89. The van der Waals surface area contributed by atoms with Gasteiger partial charge in [-0.1, -0.05) is 13.3 Å². The summed E-state index contributed by atoms with van der Waals surface area (Å²) < 4.78 is 6.83. The third kappa shape index (κ3) is 2.42. The Morgan fingerprint density at radius 1 is 1.29 bits per heavy atom. The summed E-state index contributed by atoms with van der Waals surface area (Å²) in [6.07, 6.45) is 6.67. The third-order valence-corrected chi connectivity index (χ3v) is 4.11. The number of aromatic amines is 1. The topological polar surface area (TPSA) is 56.4 Å². The van der Waals surface area contributed by atoms with Gasteiger partial charge in [-0.25, -0.2) is 4.98 Å². The Morgan fingerprint density at radius 3 is 2.76 bits per heavy atom. The number of rotatable bonds is 5. The third-order valence-electron chi connectivity index (χ3n) is 3.79. The van der Waals surface area contributed by atoms with E-state index in [-0.39, 0.29) is 0 Å². The maximum Gasteiger partial charge on any atom is 0.179 e. The number of aryl methyl sites for hydroxylation is 5. The van der Waals surface area contributed by atoms with Crippen molar-refractivity contribution < 1.29 is 0 Å². The molecule has 0 saturated heterocycles. The van der Waals surface area contributed by atoms with E-state index in [0.29, 0.717) is 0 Å². The molecular weight excluding hydrogens is 284 g/mol. The van der Waals surface area contributed by atoms with E-state index in [1.54, 1.807) is 0 Å². The number of nitrogens with one attached hydrogen (secondary N) is 1. The number of imidazole rings is 2. The fourth-order valence-corrected chi connectivity index (χ4v) is 3.03. The molecule has 0 aliphatic rings. The largest absolute Gasteiger partial charge is 0.338 e. The molecule has 0 aliphatic heterocycles. The zero-order chi connectivity index (χ0) is 15.0. The smallest absolute Gasteiger partial charge is 0.179 e. The summed E-state index contributed by atoms with van der Waals surface area (Å²) in [4.78, 5) is 7.68. The van der Waals surface area contributed by atoms with Crippen LogP contribution in [0.5, 0.6) is 0 Å². The lowest BCUT2D eigenvalue weighted by Gasteiger charge is -2.05. The highest BCUT2D eigenvalue weighted by Gasteiger charge is 2.15. The molecular formula is C14H20N6S. The molecule has 3 aromatic heterocycles. The van der Waals surface area contributed by atoms with Crippen molar-refractivity contribution in [2.24, 2.45) is 14.1 Å². The first-order chi connectivity index (χ1) is 10.1. The van der Waals surface area contributed by atoms with Crippen molar-refractivity contribution >= 4 is 23.4 Å². The van der Waals surface area contributed by atoms with Crippen LogP contribution in [0.1, 0.15) is 24.9 Å². The SMILES string of the molecule is CCCc1nn(C)c2c1[nH]c(=S)n2CCc1nccn1C. The van der Waals surface area contributed by atoms with E-state index >= 15 is 0 Å². The minimum Gasteiger partial charge on any atom is -0.338 e. The first-order valence-corrected chi connectivity index (χ1v) is 7.63. The second kappa shape index (κ2) is 5.48. The summed E-state index contributed by atoms with van der Waals surface area (Å²) in [5.41, 5.74) is 3.23. The fourth-order valence-electron chi connectivity index (χ4n) is 2.75. The molecule has 0 fully saturated rings. The zero-order valence-corrected chi connectivity index (χ0v) is 13.4. The van der Waals surface area contributed by atoms with Gasteiger partial charge in [0.15, 0.2) is 10.4 Å². The first-order valence-electron chi connectivity index (χ1n) is 7.22. The summed E-state index contributed by atoms with van der Waals surface area (Å²) in [7, 11) is 3.99. The van der Waals surface area contributed by atoms with Crippen molar-refractivity contribution in [3.8, 4) is 0 Å². The molecule has 21 heavy (non-hydrogen) atoms. The summed E-state index contributed by atoms with van der Waals surface area (Å²) in [5, 5.41) is 4.60. The Morgan fingerprint density at radius 2 is 2.10 bits per heavy atom. The van der Waals surface area contributed by atoms with Gasteiger partial charge in [-0.15, -0.1) is 0 Å². The molecule has 0 atom stereocenters. The molecule has 0 spiro atoms. The molecule has 0 unspecified atom stereocenters. The van der Waals surface area contributed by atoms with Gasteiger partial charge in [0.25, 0.3) is 0 Å². The van der Waals surface area contributed by atoms with E-state index in [9.17, 15) is 0 Å². The molecule has 0 saturated carbocycles. The Bertz CT molecular complexity index is 818. The molecule has 1 N–H and O–H groups in total. The minimum atomic E-state index is 0.754. The lowest BCUT2D eigenvalue weighted by atomic mass is 10.2. The van der Waals surface area contributed by atoms with Crippen LogP contribution >= 0.6 is 12.2 Å². The van der Waals surface area contributed by atoms with Crippen molar-refractivity contribution in [3.63, 3.8) is 0 Å². The van der Waals surface area contributed by atoms with Gasteiger partial charge >= 0.3 is 0 Å². The molecule has 112 valence electrons. The molecule has 6 nitrogen and oxygen atoms in total. The second-order valence-electron chi connectivity index (χ2n) is 5.31. The van der Waals surface area contributed by atoms with Crippen LogP contribution < -0.4 is 0 Å². The molecule has 0 amide bonds. The van der Waals surface area contributed by atoms with Gasteiger partial charge in [-0.3, -0.25) is 4.68 Å². The van der Waals surface area contributed by atoms with E-state index < -0.39 is 0 Å². The van der Waals surface area contributed by atoms with Gasteiger partial charge < -0.3 is 14.1 Å². The molecule has 0 radical (unpaired) electrons. The average Bonchev–Trinajstić information content (AvgIpc) is 3.07. The van der Waals surface area contributed by atoms with Gasteiger partial charge in [0.1, 0.15) is 11.3 Å². The zero-order valence-electron chi connectivity index (χ0n) is 12.6. The van der Waals surface area contributed by atoms with Gasteiger partial charge in [0.2, 0.25) is 0 Å². The molecule has 3 heterocycles. The lowest BCUT2D eigenvalue weighted by Crippen LogP contribution is -2.08. The van der Waals surface area contributed by atoms with Crippen LogP contribution in [0.3, 0.4) is 0 Å². The summed E-state index contributed by atoms with van der Waals surface area (Å²) in [6.45, 7) is 2.96. The van der Waals surface area contributed by atoms with Crippen molar-refractivity contribution in [1.82, 2.24) is 28.9 Å². The number of hydrogen-bond acceptors (Lipinski definition) is 3. The van der Waals surface area contributed by atoms with E-state index in [0.717, 1.165) is 53.3 Å². The van der Waals surface area contributed by atoms with Crippen molar-refractivity contribution in [1.29, 1.82) is 0 Å². The highest BCUT2D eigenvalue weighted by molar-refractivity contribution is 7.71. The molecule has 0 aromatic carbocycles. The van der Waals surface area contributed by atoms with Gasteiger partial charge in [0, 0.05) is 39.5 Å². The first kappa shape index (κ1) is 14.1. The highest BCUT2D eigenvalue weighted by atomic mass is 32.1. The molecule has 0 bridgehead atoms. The van der Waals surface area contributed by atoms with Crippen LogP contribution in [0, 0.1) is 4.77 Å². The molecule has 3 rings (SSSR count). The Labute approximate surface area is 128 Å². The van der Waals surface area contributed by atoms with Crippen LogP contribution in [0.2, 0.25) is 0 Å². The number of H-pyrrole nitrogens is 1. The average molecular weight is 304 g/mol. The Kier molecular flexibility index (Phi) is 3.67. The standard InChI is InChI=1S/C14H20N6S/c1-4-5-10-12-13(19(3)17-10)20(14(21)16-12)8-6-11-15-7-9-18(11)2/h7,9H,4-6,8H2,1-3H3,(H,16,21). The predicted molar refractivity (Wildman–Crippen MR) is 84.8 cm³/mol. The van der Waals surface area contributed by atoms with Crippen molar-refractivity contribution in [2.45, 2.75) is 32.7 Å². The normalized spacial score (nSPS) is 11.6. The van der Waals surface area contributed by atoms with Gasteiger partial charge in [-0.05, 0) is 18.6 Å². The minimum absolute atomic E-state index is 0.754. The van der Waals surface area contributed by atoms with Crippen molar-refractivity contribution in [2.75, 3.05) is 0 Å². The van der Waals surface area contributed by atoms with Gasteiger partial charge in [-0.2, -0.15) is 5.10 Å². The number of fused-ring (bicyclic) bond motifs is 1. The lowest BCUT2D eigenvalue weighted by molar-refractivity contribution is 0.632. The number of nitrogens with zero attached hydrogens (tertiary/aromatic N) is 5. The summed E-state index contributed by atoms with van der Waals surface area (Å²) in [6, 6.07) is 0. The van der Waals surface area contributed by atoms with Crippen LogP contribution in [0.25, 0.3) is 11.2 Å². The summed E-state index contributed by atoms with van der Waals surface area (Å²) >= 11 is 5.48. The molecule has 3 aromatic rings.